The minimum absolute atomic E-state index is 0.117. The second-order valence-electron chi connectivity index (χ2n) is 9.63. The zero-order chi connectivity index (χ0) is 19.9. The van der Waals surface area contributed by atoms with Gasteiger partial charge in [0.1, 0.15) is 11.4 Å². The first-order chi connectivity index (χ1) is 11.7. The number of carbonyl (C=O) groups excluding carboxylic acids is 1. The predicted molar refractivity (Wildman–Crippen MR) is 110 cm³/mol. The van der Waals surface area contributed by atoms with Gasteiger partial charge in [-0.3, -0.25) is 0 Å². The van der Waals surface area contributed by atoms with Crippen molar-refractivity contribution in [2.75, 3.05) is 13.1 Å². The lowest BCUT2D eigenvalue weighted by atomic mass is 9.91. The second kappa shape index (κ2) is 7.08. The van der Waals surface area contributed by atoms with Gasteiger partial charge in [0, 0.05) is 29.6 Å². The molecular weight excluding hydrogens is 366 g/mol. The Hall–Kier alpha value is -1.20. The lowest BCUT2D eigenvalue weighted by molar-refractivity contribution is 0.00805. The van der Waals surface area contributed by atoms with Crippen molar-refractivity contribution in [1.29, 1.82) is 0 Å². The van der Waals surface area contributed by atoms with Crippen LogP contribution in [0, 0.1) is 0 Å². The Morgan fingerprint density at radius 2 is 1.73 bits per heavy atom. The third-order valence-corrected chi connectivity index (χ3v) is 9.69. The predicted octanol–water partition coefficient (Wildman–Crippen LogP) is 6.06. The Labute approximate surface area is 163 Å². The maximum atomic E-state index is 12.2. The highest BCUT2D eigenvalue weighted by atomic mass is 35.5. The quantitative estimate of drug-likeness (QED) is 0.582. The SMILES string of the molecule is CC(C)(C)OC(=O)N1CC(c2cc(Cl)ccc2O[Si](C)(C)C(C)(C)C)C1. The number of benzene rings is 1. The van der Waals surface area contributed by atoms with Gasteiger partial charge >= 0.3 is 6.09 Å². The van der Waals surface area contributed by atoms with E-state index in [9.17, 15) is 4.79 Å². The largest absolute Gasteiger partial charge is 0.543 e. The Morgan fingerprint density at radius 3 is 2.23 bits per heavy atom. The minimum Gasteiger partial charge on any atom is -0.543 e. The van der Waals surface area contributed by atoms with Gasteiger partial charge in [-0.05, 0) is 57.1 Å². The molecule has 0 unspecified atom stereocenters. The fraction of sp³-hybridized carbons (Fsp3) is 0.650. The molecule has 1 aromatic carbocycles. The fourth-order valence-corrected chi connectivity index (χ4v) is 3.73. The van der Waals surface area contributed by atoms with Crippen molar-refractivity contribution in [3.8, 4) is 5.75 Å². The van der Waals surface area contributed by atoms with E-state index in [2.05, 4.69) is 33.9 Å². The average Bonchev–Trinajstić information content (AvgIpc) is 2.36. The van der Waals surface area contributed by atoms with Gasteiger partial charge in [0.15, 0.2) is 0 Å². The first-order valence-corrected chi connectivity index (χ1v) is 12.4. The molecule has 0 aliphatic carbocycles. The molecule has 0 saturated carbocycles. The lowest BCUT2D eigenvalue weighted by Gasteiger charge is -2.42. The molecule has 1 heterocycles. The molecule has 0 atom stereocenters. The van der Waals surface area contributed by atoms with E-state index in [1.165, 1.54) is 0 Å². The van der Waals surface area contributed by atoms with Gasteiger partial charge in [0.05, 0.1) is 0 Å². The molecule has 0 bridgehead atoms. The summed E-state index contributed by atoms with van der Waals surface area (Å²) in [7, 11) is -1.95. The minimum atomic E-state index is -1.95. The van der Waals surface area contributed by atoms with Crippen LogP contribution in [-0.2, 0) is 4.74 Å². The van der Waals surface area contributed by atoms with Crippen LogP contribution in [0.3, 0.4) is 0 Å². The van der Waals surface area contributed by atoms with Crippen molar-refractivity contribution in [2.24, 2.45) is 0 Å². The topological polar surface area (TPSA) is 38.8 Å². The molecule has 1 amide bonds. The first kappa shape index (κ1) is 21.1. The van der Waals surface area contributed by atoms with Crippen LogP contribution in [0.1, 0.15) is 53.0 Å². The van der Waals surface area contributed by atoms with E-state index < -0.39 is 13.9 Å². The standard InChI is InChI=1S/C20H32ClNO3Si/c1-19(2,3)24-18(23)22-12-14(13-22)16-11-15(21)9-10-17(16)25-26(7,8)20(4,5)6/h9-11,14H,12-13H2,1-8H3. The summed E-state index contributed by atoms with van der Waals surface area (Å²) in [5.74, 6) is 1.12. The average molecular weight is 398 g/mol. The van der Waals surface area contributed by atoms with Crippen LogP contribution in [0.4, 0.5) is 4.79 Å². The van der Waals surface area contributed by atoms with Crippen LogP contribution < -0.4 is 4.43 Å². The van der Waals surface area contributed by atoms with Crippen molar-refractivity contribution >= 4 is 26.0 Å². The number of likely N-dealkylation sites (tertiary alicyclic amines) is 1. The maximum Gasteiger partial charge on any atom is 0.410 e. The Bertz CT molecular complexity index is 671. The van der Waals surface area contributed by atoms with Crippen molar-refractivity contribution in [3.63, 3.8) is 0 Å². The molecule has 6 heteroatoms. The third kappa shape index (κ3) is 4.95. The summed E-state index contributed by atoms with van der Waals surface area (Å²) < 4.78 is 12.0. The molecule has 2 rings (SSSR count). The maximum absolute atomic E-state index is 12.2. The zero-order valence-corrected chi connectivity index (χ0v) is 19.0. The number of nitrogens with zero attached hydrogens (tertiary/aromatic N) is 1. The van der Waals surface area contributed by atoms with Gasteiger partial charge in [-0.1, -0.05) is 32.4 Å². The molecule has 0 radical (unpaired) electrons. The summed E-state index contributed by atoms with van der Waals surface area (Å²) >= 11 is 6.24. The van der Waals surface area contributed by atoms with Gasteiger partial charge in [0.25, 0.3) is 0 Å². The van der Waals surface area contributed by atoms with E-state index in [1.807, 2.05) is 39.0 Å². The van der Waals surface area contributed by atoms with Gasteiger partial charge in [-0.15, -0.1) is 0 Å². The van der Waals surface area contributed by atoms with Crippen LogP contribution in [-0.4, -0.2) is 38.0 Å². The summed E-state index contributed by atoms with van der Waals surface area (Å²) in [4.78, 5) is 13.9. The Kier molecular flexibility index (Phi) is 5.75. The van der Waals surface area contributed by atoms with E-state index >= 15 is 0 Å². The monoisotopic (exact) mass is 397 g/mol. The number of carbonyl (C=O) groups is 1. The molecule has 146 valence electrons. The van der Waals surface area contributed by atoms with E-state index in [4.69, 9.17) is 20.8 Å². The summed E-state index contributed by atoms with van der Waals surface area (Å²) in [6.07, 6.45) is -0.261. The molecule has 0 spiro atoms. The van der Waals surface area contributed by atoms with Crippen LogP contribution >= 0.6 is 11.6 Å². The Balaban J connectivity index is 2.14. The number of ether oxygens (including phenoxy) is 1. The summed E-state index contributed by atoms with van der Waals surface area (Å²) in [5, 5.41) is 0.810. The third-order valence-electron chi connectivity index (χ3n) is 5.12. The molecule has 26 heavy (non-hydrogen) atoms. The molecule has 1 saturated heterocycles. The zero-order valence-electron chi connectivity index (χ0n) is 17.3. The molecule has 1 aromatic rings. The summed E-state index contributed by atoms with van der Waals surface area (Å²) in [6, 6.07) is 5.81. The second-order valence-corrected chi connectivity index (χ2v) is 14.8. The van der Waals surface area contributed by atoms with Crippen LogP contribution in [0.2, 0.25) is 23.2 Å². The summed E-state index contributed by atoms with van der Waals surface area (Å²) in [5.41, 5.74) is 0.608. The highest BCUT2D eigenvalue weighted by Crippen LogP contribution is 2.41. The van der Waals surface area contributed by atoms with E-state index in [-0.39, 0.29) is 17.0 Å². The van der Waals surface area contributed by atoms with E-state index in [0.717, 1.165) is 11.3 Å². The molecule has 1 aliphatic rings. The van der Waals surface area contributed by atoms with Crippen molar-refractivity contribution < 1.29 is 14.0 Å². The van der Waals surface area contributed by atoms with Crippen LogP contribution in [0.25, 0.3) is 0 Å². The molecule has 1 aliphatic heterocycles. The van der Waals surface area contributed by atoms with Crippen LogP contribution in [0.5, 0.6) is 5.75 Å². The number of amides is 1. The Morgan fingerprint density at radius 1 is 1.15 bits per heavy atom. The van der Waals surface area contributed by atoms with Crippen molar-refractivity contribution in [1.82, 2.24) is 4.90 Å². The number of rotatable bonds is 3. The molecular formula is C20H32ClNO3Si. The summed E-state index contributed by atoms with van der Waals surface area (Å²) in [6.45, 7) is 18.0. The smallest absolute Gasteiger partial charge is 0.410 e. The highest BCUT2D eigenvalue weighted by molar-refractivity contribution is 6.74. The normalized spacial score (nSPS) is 16.3. The van der Waals surface area contributed by atoms with Crippen molar-refractivity contribution in [2.45, 2.75) is 71.2 Å². The fourth-order valence-electron chi connectivity index (χ4n) is 2.51. The molecule has 0 aromatic heterocycles. The molecule has 4 nitrogen and oxygen atoms in total. The van der Waals surface area contributed by atoms with Gasteiger partial charge < -0.3 is 14.1 Å². The van der Waals surface area contributed by atoms with E-state index in [0.29, 0.717) is 18.1 Å². The number of hydrogen-bond acceptors (Lipinski definition) is 3. The lowest BCUT2D eigenvalue weighted by Crippen LogP contribution is -2.50. The van der Waals surface area contributed by atoms with Gasteiger partial charge in [-0.25, -0.2) is 4.79 Å². The van der Waals surface area contributed by atoms with Gasteiger partial charge in [-0.2, -0.15) is 0 Å². The molecule has 1 fully saturated rings. The van der Waals surface area contributed by atoms with E-state index in [1.54, 1.807) is 4.90 Å². The van der Waals surface area contributed by atoms with Crippen LogP contribution in [0.15, 0.2) is 18.2 Å². The highest BCUT2D eigenvalue weighted by Gasteiger charge is 2.41. The number of halogens is 1. The van der Waals surface area contributed by atoms with Gasteiger partial charge in [0.2, 0.25) is 8.32 Å². The molecule has 0 N–H and O–H groups in total. The first-order valence-electron chi connectivity index (χ1n) is 9.16. The number of hydrogen-bond donors (Lipinski definition) is 0. The van der Waals surface area contributed by atoms with Crippen molar-refractivity contribution in [3.05, 3.63) is 28.8 Å².